The number of non-ortho nitro benzene ring substituents is 1. The molecule has 0 radical (unpaired) electrons. The molecule has 6 nitrogen and oxygen atoms in total. The van der Waals surface area contributed by atoms with Crippen LogP contribution in [-0.2, 0) is 9.05 Å². The van der Waals surface area contributed by atoms with Gasteiger partial charge in [-0.1, -0.05) is 19.9 Å². The molecule has 1 saturated heterocycles. The second kappa shape index (κ2) is 5.18. The third kappa shape index (κ3) is 3.38. The molecule has 1 aromatic carbocycles. The summed E-state index contributed by atoms with van der Waals surface area (Å²) >= 11 is 0. The lowest BCUT2D eigenvalue weighted by atomic mass is 9.97. The Morgan fingerprint density at radius 3 is 2.67 bits per heavy atom. The Balaban J connectivity index is 1.98. The third-order valence-electron chi connectivity index (χ3n) is 2.33. The summed E-state index contributed by atoms with van der Waals surface area (Å²) in [4.78, 5) is 10.2. The van der Waals surface area contributed by atoms with Crippen LogP contribution in [0, 0.1) is 15.5 Å². The van der Waals surface area contributed by atoms with Crippen molar-refractivity contribution in [2.24, 2.45) is 5.41 Å². The van der Waals surface area contributed by atoms with Gasteiger partial charge in [0.1, 0.15) is 5.75 Å². The average molecular weight is 271 g/mol. The maximum absolute atomic E-state index is 10.6. The van der Waals surface area contributed by atoms with E-state index < -0.39 is 13.5 Å². The van der Waals surface area contributed by atoms with Crippen molar-refractivity contribution >= 4 is 14.3 Å². The van der Waals surface area contributed by atoms with Gasteiger partial charge in [0, 0.05) is 11.5 Å². The van der Waals surface area contributed by atoms with Crippen LogP contribution in [0.4, 0.5) is 5.69 Å². The molecule has 2 rings (SSSR count). The molecule has 1 fully saturated rings. The van der Waals surface area contributed by atoms with Crippen LogP contribution in [0.1, 0.15) is 13.8 Å². The molecule has 0 unspecified atom stereocenters. The molecular weight excluding hydrogens is 257 g/mol. The van der Waals surface area contributed by atoms with E-state index in [9.17, 15) is 10.1 Å². The lowest BCUT2D eigenvalue weighted by molar-refractivity contribution is -0.384. The van der Waals surface area contributed by atoms with E-state index >= 15 is 0 Å². The van der Waals surface area contributed by atoms with Crippen molar-refractivity contribution in [2.45, 2.75) is 13.8 Å². The smallest absolute Gasteiger partial charge is 0.397 e. The second-order valence-corrected chi connectivity index (χ2v) is 5.93. The van der Waals surface area contributed by atoms with E-state index in [1.54, 1.807) is 12.1 Å². The van der Waals surface area contributed by atoms with Gasteiger partial charge in [0.15, 0.2) is 0 Å². The van der Waals surface area contributed by atoms with Crippen molar-refractivity contribution in [3.8, 4) is 5.75 Å². The van der Waals surface area contributed by atoms with E-state index in [4.69, 9.17) is 13.6 Å². The van der Waals surface area contributed by atoms with E-state index in [2.05, 4.69) is 0 Å². The van der Waals surface area contributed by atoms with Crippen LogP contribution < -0.4 is 4.52 Å². The number of rotatable bonds is 3. The van der Waals surface area contributed by atoms with Crippen LogP contribution in [0.2, 0.25) is 0 Å². The fourth-order valence-electron chi connectivity index (χ4n) is 1.33. The van der Waals surface area contributed by atoms with Crippen molar-refractivity contribution in [3.05, 3.63) is 34.4 Å². The lowest BCUT2D eigenvalue weighted by Crippen LogP contribution is -2.28. The summed E-state index contributed by atoms with van der Waals surface area (Å²) in [5.74, 6) is 0.384. The average Bonchev–Trinajstić information content (AvgIpc) is 2.32. The van der Waals surface area contributed by atoms with Gasteiger partial charge >= 0.3 is 8.60 Å². The van der Waals surface area contributed by atoms with E-state index in [0.29, 0.717) is 19.0 Å². The fraction of sp³-hybridized carbons (Fsp3) is 0.455. The molecule has 0 amide bonds. The highest BCUT2D eigenvalue weighted by molar-refractivity contribution is 7.42. The highest BCUT2D eigenvalue weighted by Gasteiger charge is 2.31. The monoisotopic (exact) mass is 271 g/mol. The van der Waals surface area contributed by atoms with Crippen molar-refractivity contribution in [1.29, 1.82) is 0 Å². The highest BCUT2D eigenvalue weighted by atomic mass is 31.2. The molecule has 7 heteroatoms. The van der Waals surface area contributed by atoms with Gasteiger partial charge in [-0.25, -0.2) is 0 Å². The Morgan fingerprint density at radius 2 is 2.06 bits per heavy atom. The lowest BCUT2D eigenvalue weighted by Gasteiger charge is -2.32. The predicted octanol–water partition coefficient (Wildman–Crippen LogP) is 3.27. The van der Waals surface area contributed by atoms with Gasteiger partial charge in [-0.2, -0.15) is 0 Å². The Bertz CT molecular complexity index is 441. The molecule has 0 spiro atoms. The largest absolute Gasteiger partial charge is 0.427 e. The zero-order chi connectivity index (χ0) is 13.2. The molecule has 0 aromatic heterocycles. The van der Waals surface area contributed by atoms with E-state index in [1.165, 1.54) is 12.1 Å². The number of hydrogen-bond acceptors (Lipinski definition) is 5. The van der Waals surface area contributed by atoms with Gasteiger partial charge in [-0.05, 0) is 6.07 Å². The molecular formula is C11H14NO5P. The molecule has 1 heterocycles. The quantitative estimate of drug-likeness (QED) is 0.479. The first-order valence-electron chi connectivity index (χ1n) is 5.45. The molecule has 1 aromatic rings. The maximum Gasteiger partial charge on any atom is 0.397 e. The summed E-state index contributed by atoms with van der Waals surface area (Å²) < 4.78 is 16.4. The first-order chi connectivity index (χ1) is 8.46. The summed E-state index contributed by atoms with van der Waals surface area (Å²) in [5.41, 5.74) is -0.0370. The number of nitro benzene ring substituents is 1. The summed E-state index contributed by atoms with van der Waals surface area (Å²) in [6.07, 6.45) is 0. The summed E-state index contributed by atoms with van der Waals surface area (Å²) in [5, 5.41) is 10.6. The van der Waals surface area contributed by atoms with Crippen molar-refractivity contribution in [3.63, 3.8) is 0 Å². The number of nitro groups is 1. The van der Waals surface area contributed by atoms with Crippen molar-refractivity contribution in [2.75, 3.05) is 13.2 Å². The first kappa shape index (κ1) is 13.2. The Hall–Kier alpha value is -1.23. The third-order valence-corrected chi connectivity index (χ3v) is 3.37. The molecule has 1 aliphatic rings. The van der Waals surface area contributed by atoms with Crippen LogP contribution >= 0.6 is 8.60 Å². The van der Waals surface area contributed by atoms with Gasteiger partial charge in [0.05, 0.1) is 24.2 Å². The maximum atomic E-state index is 10.6. The standard InChI is InChI=1S/C11H14NO5P/c1-11(2)7-15-18(16-8-11)17-10-5-3-4-9(6-10)12(13)14/h3-6H,7-8H2,1-2H3. The molecule has 0 saturated carbocycles. The first-order valence-corrected chi connectivity index (χ1v) is 6.54. The van der Waals surface area contributed by atoms with Gasteiger partial charge in [-0.15, -0.1) is 0 Å². The van der Waals surface area contributed by atoms with E-state index in [1.807, 2.05) is 13.8 Å². The number of nitrogens with zero attached hydrogens (tertiary/aromatic N) is 1. The van der Waals surface area contributed by atoms with Gasteiger partial charge in [0.25, 0.3) is 5.69 Å². The summed E-state index contributed by atoms with van der Waals surface area (Å²) in [7, 11) is -1.46. The normalized spacial score (nSPS) is 19.4. The van der Waals surface area contributed by atoms with E-state index in [0.717, 1.165) is 0 Å². The number of benzene rings is 1. The second-order valence-electron chi connectivity index (χ2n) is 4.78. The van der Waals surface area contributed by atoms with Crippen LogP contribution in [0.3, 0.4) is 0 Å². The summed E-state index contributed by atoms with van der Waals surface area (Å²) in [6.45, 7) is 5.17. The molecule has 0 atom stereocenters. The van der Waals surface area contributed by atoms with Gasteiger partial charge in [-0.3, -0.25) is 10.1 Å². The predicted molar refractivity (Wildman–Crippen MR) is 66.3 cm³/mol. The van der Waals surface area contributed by atoms with E-state index in [-0.39, 0.29) is 11.1 Å². The molecule has 1 aliphatic heterocycles. The minimum atomic E-state index is -1.46. The summed E-state index contributed by atoms with van der Waals surface area (Å²) in [6, 6.07) is 5.97. The van der Waals surface area contributed by atoms with Crippen LogP contribution in [-0.4, -0.2) is 18.1 Å². The van der Waals surface area contributed by atoms with Gasteiger partial charge < -0.3 is 13.6 Å². The zero-order valence-corrected chi connectivity index (χ0v) is 11.1. The van der Waals surface area contributed by atoms with Crippen LogP contribution in [0.25, 0.3) is 0 Å². The van der Waals surface area contributed by atoms with Gasteiger partial charge in [0.2, 0.25) is 0 Å². The number of hydrogen-bond donors (Lipinski definition) is 0. The van der Waals surface area contributed by atoms with Crippen molar-refractivity contribution < 1.29 is 18.5 Å². The fourth-order valence-corrected chi connectivity index (χ4v) is 2.70. The Labute approximate surface area is 106 Å². The van der Waals surface area contributed by atoms with Crippen LogP contribution in [0.5, 0.6) is 5.75 Å². The molecule has 18 heavy (non-hydrogen) atoms. The Morgan fingerprint density at radius 1 is 1.39 bits per heavy atom. The Kier molecular flexibility index (Phi) is 3.80. The minimum absolute atomic E-state index is 0.0140. The van der Waals surface area contributed by atoms with Crippen molar-refractivity contribution in [1.82, 2.24) is 0 Å². The minimum Gasteiger partial charge on any atom is -0.427 e. The zero-order valence-electron chi connectivity index (χ0n) is 10.2. The highest BCUT2D eigenvalue weighted by Crippen LogP contribution is 2.47. The molecule has 0 N–H and O–H groups in total. The topological polar surface area (TPSA) is 70.8 Å². The molecule has 0 aliphatic carbocycles. The SMILES string of the molecule is CC1(C)COP(Oc2cccc([N+](=O)[O-])c2)OC1. The molecule has 98 valence electrons. The van der Waals surface area contributed by atoms with Crippen LogP contribution in [0.15, 0.2) is 24.3 Å². The molecule has 0 bridgehead atoms.